The fraction of sp³-hybridized carbons (Fsp3) is 0.450. The molecule has 6 nitrogen and oxygen atoms in total. The number of rotatable bonds is 7. The summed E-state index contributed by atoms with van der Waals surface area (Å²) >= 11 is 7.33. The SMILES string of the molecule is COc1cc(NC(=S)NC2CCN(Cc3cccs3)CC2)cc(OC)c1OC. The number of thiocarbonyl (C=S) groups is 1. The van der Waals surface area contributed by atoms with Gasteiger partial charge >= 0.3 is 0 Å². The number of hydrogen-bond donors (Lipinski definition) is 2. The second-order valence-electron chi connectivity index (χ2n) is 6.64. The van der Waals surface area contributed by atoms with E-state index in [4.69, 9.17) is 26.4 Å². The van der Waals surface area contributed by atoms with Gasteiger partial charge in [0.1, 0.15) is 0 Å². The second kappa shape index (κ2) is 9.95. The molecule has 1 saturated heterocycles. The highest BCUT2D eigenvalue weighted by atomic mass is 32.1. The Bertz CT molecular complexity index is 750. The molecule has 0 amide bonds. The van der Waals surface area contributed by atoms with Crippen molar-refractivity contribution in [3.05, 3.63) is 34.5 Å². The van der Waals surface area contributed by atoms with Gasteiger partial charge in [0.2, 0.25) is 5.75 Å². The van der Waals surface area contributed by atoms with Crippen molar-refractivity contribution in [3.63, 3.8) is 0 Å². The minimum absolute atomic E-state index is 0.377. The summed E-state index contributed by atoms with van der Waals surface area (Å²) in [5.41, 5.74) is 0.794. The molecule has 0 spiro atoms. The van der Waals surface area contributed by atoms with Crippen LogP contribution in [0.15, 0.2) is 29.6 Å². The third kappa shape index (κ3) is 5.27. The van der Waals surface area contributed by atoms with Crippen LogP contribution in [0.3, 0.4) is 0 Å². The van der Waals surface area contributed by atoms with Gasteiger partial charge in [-0.1, -0.05) is 6.07 Å². The van der Waals surface area contributed by atoms with Crippen molar-refractivity contribution in [2.24, 2.45) is 0 Å². The highest BCUT2D eigenvalue weighted by molar-refractivity contribution is 7.80. The Morgan fingerprint density at radius 1 is 1.14 bits per heavy atom. The topological polar surface area (TPSA) is 55.0 Å². The van der Waals surface area contributed by atoms with E-state index in [1.165, 1.54) is 4.88 Å². The number of nitrogens with one attached hydrogen (secondary N) is 2. The zero-order valence-electron chi connectivity index (χ0n) is 16.5. The summed E-state index contributed by atoms with van der Waals surface area (Å²) in [5.74, 6) is 1.75. The van der Waals surface area contributed by atoms with E-state index in [-0.39, 0.29) is 0 Å². The third-order valence-electron chi connectivity index (χ3n) is 4.80. The molecule has 28 heavy (non-hydrogen) atoms. The van der Waals surface area contributed by atoms with Crippen molar-refractivity contribution in [2.45, 2.75) is 25.4 Å². The normalized spacial score (nSPS) is 15.1. The highest BCUT2D eigenvalue weighted by Crippen LogP contribution is 2.39. The molecule has 1 aliphatic rings. The molecule has 0 atom stereocenters. The fourth-order valence-corrected chi connectivity index (χ4v) is 4.39. The van der Waals surface area contributed by atoms with Crippen LogP contribution in [0.1, 0.15) is 17.7 Å². The van der Waals surface area contributed by atoms with Crippen LogP contribution in [-0.4, -0.2) is 50.5 Å². The standard InChI is InChI=1S/C20H27N3O3S2/c1-24-17-11-15(12-18(25-2)19(17)26-3)22-20(27)21-14-6-8-23(9-7-14)13-16-5-4-10-28-16/h4-5,10-12,14H,6-9,13H2,1-3H3,(H2,21,22,27). The van der Waals surface area contributed by atoms with Gasteiger partial charge in [-0.15, -0.1) is 11.3 Å². The summed E-state index contributed by atoms with van der Waals surface area (Å²) in [6.45, 7) is 3.18. The predicted molar refractivity (Wildman–Crippen MR) is 118 cm³/mol. The van der Waals surface area contributed by atoms with Crippen LogP contribution in [0, 0.1) is 0 Å². The number of anilines is 1. The molecule has 1 aliphatic heterocycles. The van der Waals surface area contributed by atoms with Crippen LogP contribution >= 0.6 is 23.6 Å². The summed E-state index contributed by atoms with van der Waals surface area (Å²) < 4.78 is 16.1. The van der Waals surface area contributed by atoms with E-state index in [1.807, 2.05) is 23.5 Å². The lowest BCUT2D eigenvalue weighted by atomic mass is 10.1. The summed E-state index contributed by atoms with van der Waals surface area (Å²) in [6.07, 6.45) is 2.14. The monoisotopic (exact) mass is 421 g/mol. The smallest absolute Gasteiger partial charge is 0.203 e. The Hall–Kier alpha value is -2.03. The van der Waals surface area contributed by atoms with Crippen LogP contribution < -0.4 is 24.8 Å². The lowest BCUT2D eigenvalue weighted by molar-refractivity contribution is 0.201. The first kappa shape index (κ1) is 20.7. The van der Waals surface area contributed by atoms with Crippen molar-refractivity contribution in [1.82, 2.24) is 10.2 Å². The maximum Gasteiger partial charge on any atom is 0.203 e. The first-order valence-corrected chi connectivity index (χ1v) is 10.5. The van der Waals surface area contributed by atoms with Gasteiger partial charge in [-0.2, -0.15) is 0 Å². The molecule has 2 N–H and O–H groups in total. The van der Waals surface area contributed by atoms with Crippen LogP contribution in [-0.2, 0) is 6.54 Å². The van der Waals surface area contributed by atoms with Crippen LogP contribution in [0.2, 0.25) is 0 Å². The van der Waals surface area contributed by atoms with Gasteiger partial charge in [0.05, 0.1) is 21.3 Å². The lowest BCUT2D eigenvalue weighted by Crippen LogP contribution is -2.45. The molecule has 0 radical (unpaired) electrons. The Kier molecular flexibility index (Phi) is 7.36. The van der Waals surface area contributed by atoms with Gasteiger partial charge < -0.3 is 24.8 Å². The summed E-state index contributed by atoms with van der Waals surface area (Å²) in [6, 6.07) is 8.38. The molecule has 2 aromatic rings. The van der Waals surface area contributed by atoms with Crippen molar-refractivity contribution in [1.29, 1.82) is 0 Å². The molecule has 0 unspecified atom stereocenters. The van der Waals surface area contributed by atoms with Crippen molar-refractivity contribution in [3.8, 4) is 17.2 Å². The van der Waals surface area contributed by atoms with Gasteiger partial charge in [-0.3, -0.25) is 4.90 Å². The van der Waals surface area contributed by atoms with E-state index in [9.17, 15) is 0 Å². The minimum Gasteiger partial charge on any atom is -0.493 e. The molecule has 2 heterocycles. The Morgan fingerprint density at radius 3 is 2.36 bits per heavy atom. The maximum atomic E-state index is 5.51. The van der Waals surface area contributed by atoms with Gasteiger partial charge in [0.25, 0.3) is 0 Å². The molecule has 8 heteroatoms. The molecule has 0 saturated carbocycles. The van der Waals surface area contributed by atoms with Crippen LogP contribution in [0.4, 0.5) is 5.69 Å². The lowest BCUT2D eigenvalue weighted by Gasteiger charge is -2.32. The molecule has 1 aromatic heterocycles. The molecule has 3 rings (SSSR count). The van der Waals surface area contributed by atoms with Gasteiger partial charge in [-0.05, 0) is 36.5 Å². The number of nitrogens with zero attached hydrogens (tertiary/aromatic N) is 1. The maximum absolute atomic E-state index is 5.51. The third-order valence-corrected chi connectivity index (χ3v) is 5.89. The molecule has 1 fully saturated rings. The molecule has 1 aromatic carbocycles. The Balaban J connectivity index is 1.52. The van der Waals surface area contributed by atoms with E-state index in [0.29, 0.717) is 28.4 Å². The van der Waals surface area contributed by atoms with Gasteiger partial charge in [0, 0.05) is 48.4 Å². The van der Waals surface area contributed by atoms with Crippen molar-refractivity contribution >= 4 is 34.4 Å². The number of benzene rings is 1. The average molecular weight is 422 g/mol. The first-order valence-electron chi connectivity index (χ1n) is 9.25. The summed E-state index contributed by atoms with van der Waals surface area (Å²) in [4.78, 5) is 3.92. The molecular weight excluding hydrogens is 394 g/mol. The molecule has 152 valence electrons. The Labute approximate surface area is 175 Å². The van der Waals surface area contributed by atoms with Gasteiger partial charge in [0.15, 0.2) is 16.6 Å². The largest absolute Gasteiger partial charge is 0.493 e. The van der Waals surface area contributed by atoms with E-state index < -0.39 is 0 Å². The number of methoxy groups -OCH3 is 3. The number of piperidine rings is 1. The average Bonchev–Trinajstić information content (AvgIpc) is 3.21. The van der Waals surface area contributed by atoms with Crippen LogP contribution in [0.25, 0.3) is 0 Å². The van der Waals surface area contributed by atoms with Gasteiger partial charge in [-0.25, -0.2) is 0 Å². The molecule has 0 aliphatic carbocycles. The minimum atomic E-state index is 0.377. The van der Waals surface area contributed by atoms with E-state index in [2.05, 4.69) is 33.0 Å². The predicted octanol–water partition coefficient (Wildman–Crippen LogP) is 3.72. The Morgan fingerprint density at radius 2 is 1.82 bits per heavy atom. The fourth-order valence-electron chi connectivity index (χ4n) is 3.36. The summed E-state index contributed by atoms with van der Waals surface area (Å²) in [7, 11) is 4.79. The van der Waals surface area contributed by atoms with E-state index >= 15 is 0 Å². The van der Waals surface area contributed by atoms with E-state index in [1.54, 1.807) is 21.3 Å². The number of likely N-dealkylation sites (tertiary alicyclic amines) is 1. The number of hydrogen-bond acceptors (Lipinski definition) is 6. The number of ether oxygens (including phenoxy) is 3. The molecule has 0 bridgehead atoms. The molecular formula is C20H27N3O3S2. The van der Waals surface area contributed by atoms with E-state index in [0.717, 1.165) is 38.2 Å². The van der Waals surface area contributed by atoms with Crippen molar-refractivity contribution < 1.29 is 14.2 Å². The highest BCUT2D eigenvalue weighted by Gasteiger charge is 2.20. The zero-order valence-corrected chi connectivity index (χ0v) is 18.1. The summed E-state index contributed by atoms with van der Waals surface area (Å²) in [5, 5.41) is 9.40. The second-order valence-corrected chi connectivity index (χ2v) is 8.08. The number of thiophene rings is 1. The zero-order chi connectivity index (χ0) is 19.9. The quantitative estimate of drug-likeness (QED) is 0.661. The van der Waals surface area contributed by atoms with Crippen molar-refractivity contribution in [2.75, 3.05) is 39.7 Å². The van der Waals surface area contributed by atoms with Crippen LogP contribution in [0.5, 0.6) is 17.2 Å². The first-order chi connectivity index (χ1) is 13.6.